The van der Waals surface area contributed by atoms with Gasteiger partial charge in [-0.05, 0) is 11.8 Å². The van der Waals surface area contributed by atoms with E-state index in [9.17, 15) is 0 Å². The van der Waals surface area contributed by atoms with E-state index in [1.54, 1.807) is 0 Å². The number of hydrogen-bond donors (Lipinski definition) is 1. The molecule has 0 radical (unpaired) electrons. The molecule has 1 nitrogen and oxygen atoms in total. The van der Waals surface area contributed by atoms with Crippen molar-refractivity contribution in [2.24, 2.45) is 5.41 Å². The molecule has 0 fully saturated rings. The highest BCUT2D eigenvalue weighted by Gasteiger charge is 2.16. The van der Waals surface area contributed by atoms with Crippen LogP contribution in [-0.2, 0) is 0 Å². The number of unbranched alkanes of at least 4 members (excludes halogenated alkanes) is 3. The van der Waals surface area contributed by atoms with Crippen molar-refractivity contribution in [2.45, 2.75) is 72.8 Å². The molecule has 0 aliphatic carbocycles. The Kier molecular flexibility index (Phi) is 7.26. The van der Waals surface area contributed by atoms with Crippen LogP contribution in [-0.4, -0.2) is 12.6 Å². The average Bonchev–Trinajstić information content (AvgIpc) is 2.10. The monoisotopic (exact) mass is 199 g/mol. The van der Waals surface area contributed by atoms with Crippen LogP contribution in [0, 0.1) is 5.41 Å². The van der Waals surface area contributed by atoms with Gasteiger partial charge in [0.05, 0.1) is 0 Å². The van der Waals surface area contributed by atoms with Crippen molar-refractivity contribution >= 4 is 0 Å². The predicted molar refractivity (Wildman–Crippen MR) is 65.7 cm³/mol. The van der Waals surface area contributed by atoms with Crippen molar-refractivity contribution < 1.29 is 0 Å². The molecular formula is C13H29N. The summed E-state index contributed by atoms with van der Waals surface area (Å²) in [5.41, 5.74) is 0.470. The van der Waals surface area contributed by atoms with E-state index in [1.807, 2.05) is 0 Å². The zero-order chi connectivity index (χ0) is 11.0. The van der Waals surface area contributed by atoms with Crippen LogP contribution in [0.3, 0.4) is 0 Å². The van der Waals surface area contributed by atoms with Gasteiger partial charge in [-0.2, -0.15) is 0 Å². The van der Waals surface area contributed by atoms with Gasteiger partial charge < -0.3 is 5.32 Å². The topological polar surface area (TPSA) is 12.0 Å². The summed E-state index contributed by atoms with van der Waals surface area (Å²) in [6, 6.07) is 0.616. The molecule has 0 saturated carbocycles. The number of nitrogens with one attached hydrogen (secondary N) is 1. The average molecular weight is 199 g/mol. The smallest absolute Gasteiger partial charge is 0.00106 e. The van der Waals surface area contributed by atoms with Gasteiger partial charge in [-0.15, -0.1) is 0 Å². The van der Waals surface area contributed by atoms with Crippen molar-refractivity contribution in [3.63, 3.8) is 0 Å². The molecule has 14 heavy (non-hydrogen) atoms. The first-order chi connectivity index (χ1) is 6.48. The number of hydrogen-bond acceptors (Lipinski definition) is 1. The molecule has 0 amide bonds. The van der Waals surface area contributed by atoms with Crippen molar-refractivity contribution in [2.75, 3.05) is 6.54 Å². The Morgan fingerprint density at radius 2 is 1.71 bits per heavy atom. The largest absolute Gasteiger partial charge is 0.314 e. The van der Waals surface area contributed by atoms with Gasteiger partial charge in [0, 0.05) is 12.6 Å². The van der Waals surface area contributed by atoms with Crippen molar-refractivity contribution in [3.05, 3.63) is 0 Å². The van der Waals surface area contributed by atoms with Gasteiger partial charge in [0.25, 0.3) is 0 Å². The highest BCUT2D eigenvalue weighted by Crippen LogP contribution is 2.23. The normalized spacial score (nSPS) is 12.4. The number of rotatable bonds is 8. The van der Waals surface area contributed by atoms with E-state index < -0.39 is 0 Å². The standard InChI is InChI=1S/C13H29N/c1-6-7-8-9-10-13(4,5)11-14-12(2)3/h12,14H,6-11H2,1-5H3. The molecule has 0 aromatic rings. The fraction of sp³-hybridized carbons (Fsp3) is 1.00. The molecule has 0 atom stereocenters. The molecule has 0 rings (SSSR count). The first-order valence-corrected chi connectivity index (χ1v) is 6.21. The third-order valence-electron chi connectivity index (χ3n) is 2.70. The second kappa shape index (κ2) is 7.28. The maximum absolute atomic E-state index is 3.53. The van der Waals surface area contributed by atoms with Crippen LogP contribution >= 0.6 is 0 Å². The highest BCUT2D eigenvalue weighted by atomic mass is 14.9. The van der Waals surface area contributed by atoms with Crippen LogP contribution < -0.4 is 5.32 Å². The second-order valence-electron chi connectivity index (χ2n) is 5.51. The molecule has 0 aliphatic heterocycles. The quantitative estimate of drug-likeness (QED) is 0.583. The summed E-state index contributed by atoms with van der Waals surface area (Å²) in [7, 11) is 0. The first kappa shape index (κ1) is 14.0. The van der Waals surface area contributed by atoms with E-state index in [-0.39, 0.29) is 0 Å². The fourth-order valence-electron chi connectivity index (χ4n) is 1.60. The summed E-state index contributed by atoms with van der Waals surface area (Å²) in [4.78, 5) is 0. The summed E-state index contributed by atoms with van der Waals surface area (Å²) in [5.74, 6) is 0. The summed E-state index contributed by atoms with van der Waals surface area (Å²) < 4.78 is 0. The molecule has 0 saturated heterocycles. The van der Waals surface area contributed by atoms with Crippen molar-refractivity contribution in [1.82, 2.24) is 5.32 Å². The lowest BCUT2D eigenvalue weighted by Gasteiger charge is -2.26. The van der Waals surface area contributed by atoms with Crippen LogP contribution in [0.1, 0.15) is 66.7 Å². The van der Waals surface area contributed by atoms with Crippen LogP contribution in [0.5, 0.6) is 0 Å². The summed E-state index contributed by atoms with van der Waals surface area (Å²) in [6.07, 6.45) is 6.88. The van der Waals surface area contributed by atoms with Crippen LogP contribution in [0.2, 0.25) is 0 Å². The zero-order valence-corrected chi connectivity index (χ0v) is 10.8. The lowest BCUT2D eigenvalue weighted by atomic mass is 9.86. The lowest BCUT2D eigenvalue weighted by Crippen LogP contribution is -2.33. The van der Waals surface area contributed by atoms with Crippen LogP contribution in [0.4, 0.5) is 0 Å². The van der Waals surface area contributed by atoms with Crippen molar-refractivity contribution in [3.8, 4) is 0 Å². The Bertz CT molecular complexity index is 127. The Morgan fingerprint density at radius 3 is 2.21 bits per heavy atom. The fourth-order valence-corrected chi connectivity index (χ4v) is 1.60. The minimum Gasteiger partial charge on any atom is -0.314 e. The molecule has 0 heterocycles. The van der Waals surface area contributed by atoms with Crippen LogP contribution in [0.15, 0.2) is 0 Å². The highest BCUT2D eigenvalue weighted by molar-refractivity contribution is 4.72. The van der Waals surface area contributed by atoms with Gasteiger partial charge in [0.1, 0.15) is 0 Å². The maximum atomic E-state index is 3.53. The molecule has 1 N–H and O–H groups in total. The van der Waals surface area contributed by atoms with Crippen molar-refractivity contribution in [1.29, 1.82) is 0 Å². The SMILES string of the molecule is CCCCCCC(C)(C)CNC(C)C. The third kappa shape index (κ3) is 8.55. The van der Waals surface area contributed by atoms with Gasteiger partial charge >= 0.3 is 0 Å². The van der Waals surface area contributed by atoms with E-state index in [4.69, 9.17) is 0 Å². The minimum atomic E-state index is 0.470. The Hall–Kier alpha value is -0.0400. The third-order valence-corrected chi connectivity index (χ3v) is 2.70. The summed E-state index contributed by atoms with van der Waals surface area (Å²) >= 11 is 0. The predicted octanol–water partition coefficient (Wildman–Crippen LogP) is 3.98. The molecule has 86 valence electrons. The molecule has 0 aliphatic rings. The Morgan fingerprint density at radius 1 is 1.07 bits per heavy atom. The van der Waals surface area contributed by atoms with Gasteiger partial charge in [-0.1, -0.05) is 60.3 Å². The van der Waals surface area contributed by atoms with Crippen LogP contribution in [0.25, 0.3) is 0 Å². The molecule has 0 spiro atoms. The first-order valence-electron chi connectivity index (χ1n) is 6.21. The van der Waals surface area contributed by atoms with Gasteiger partial charge in [0.15, 0.2) is 0 Å². The molecule has 0 unspecified atom stereocenters. The van der Waals surface area contributed by atoms with E-state index >= 15 is 0 Å². The second-order valence-corrected chi connectivity index (χ2v) is 5.51. The molecule has 1 heteroatoms. The van der Waals surface area contributed by atoms with E-state index in [1.165, 1.54) is 32.1 Å². The maximum Gasteiger partial charge on any atom is 0.00106 e. The zero-order valence-electron chi connectivity index (χ0n) is 10.8. The molecule has 0 aromatic carbocycles. The summed E-state index contributed by atoms with van der Waals surface area (Å²) in [5, 5.41) is 3.53. The molecular weight excluding hydrogens is 170 g/mol. The van der Waals surface area contributed by atoms with Gasteiger partial charge in [-0.3, -0.25) is 0 Å². The molecule has 0 bridgehead atoms. The van der Waals surface area contributed by atoms with Gasteiger partial charge in [-0.25, -0.2) is 0 Å². The molecule has 0 aromatic heterocycles. The Balaban J connectivity index is 3.50. The van der Waals surface area contributed by atoms with E-state index in [0.29, 0.717) is 11.5 Å². The Labute approximate surface area is 90.7 Å². The lowest BCUT2D eigenvalue weighted by molar-refractivity contribution is 0.292. The van der Waals surface area contributed by atoms with E-state index in [0.717, 1.165) is 6.54 Å². The van der Waals surface area contributed by atoms with Gasteiger partial charge in [0.2, 0.25) is 0 Å². The summed E-state index contributed by atoms with van der Waals surface area (Å²) in [6.45, 7) is 12.6. The van der Waals surface area contributed by atoms with E-state index in [2.05, 4.69) is 39.9 Å². The minimum absolute atomic E-state index is 0.470.